The zero-order valence-corrected chi connectivity index (χ0v) is 16.9. The van der Waals surface area contributed by atoms with Gasteiger partial charge in [0.05, 0.1) is 18.2 Å². The molecule has 34 heavy (non-hydrogen) atoms. The van der Waals surface area contributed by atoms with E-state index in [0.29, 0.717) is 0 Å². The number of methoxy groups -OCH3 is 1. The molecule has 0 atom stereocenters. The van der Waals surface area contributed by atoms with Gasteiger partial charge in [0.25, 0.3) is 5.69 Å². The third-order valence-corrected chi connectivity index (χ3v) is 4.30. The summed E-state index contributed by atoms with van der Waals surface area (Å²) in [6.45, 7) is 0. The molecule has 3 rings (SSSR count). The average Bonchev–Trinajstić information content (AvgIpc) is 2.84. The summed E-state index contributed by atoms with van der Waals surface area (Å²) in [4.78, 5) is 10.2. The van der Waals surface area contributed by atoms with Crippen LogP contribution in [0.15, 0.2) is 41.5 Å². The molecular weight excluding hydrogens is 467 g/mol. The van der Waals surface area contributed by atoms with Crippen molar-refractivity contribution in [2.75, 3.05) is 12.5 Å². The first kappa shape index (κ1) is 23.9. The number of nitriles is 1. The predicted octanol–water partition coefficient (Wildman–Crippen LogP) is 5.41. The second-order valence-corrected chi connectivity index (χ2v) is 6.38. The average molecular weight is 478 g/mol. The minimum absolute atomic E-state index is 0.0146. The van der Waals surface area contributed by atoms with Gasteiger partial charge in [-0.3, -0.25) is 15.5 Å². The van der Waals surface area contributed by atoms with Gasteiger partial charge in [0.15, 0.2) is 34.8 Å². The lowest BCUT2D eigenvalue weighted by molar-refractivity contribution is -0.384. The van der Waals surface area contributed by atoms with Gasteiger partial charge in [0.2, 0.25) is 5.82 Å². The van der Waals surface area contributed by atoms with Crippen molar-refractivity contribution in [3.05, 3.63) is 86.7 Å². The SMILES string of the molecule is COc1cc(/C=N/Nc2c(F)c(F)c(F)c(F)c2F)ccc1Oc1ccc([N+](=O)[O-])cc1C#N. The first-order valence-corrected chi connectivity index (χ1v) is 9.02. The molecule has 0 bridgehead atoms. The van der Waals surface area contributed by atoms with E-state index in [0.717, 1.165) is 18.3 Å². The Morgan fingerprint density at radius 2 is 1.59 bits per heavy atom. The maximum atomic E-state index is 13.7. The van der Waals surface area contributed by atoms with Crippen LogP contribution in [0.4, 0.5) is 33.3 Å². The van der Waals surface area contributed by atoms with Gasteiger partial charge in [-0.05, 0) is 29.8 Å². The van der Waals surface area contributed by atoms with E-state index in [4.69, 9.17) is 9.47 Å². The Kier molecular flexibility index (Phi) is 6.91. The molecule has 8 nitrogen and oxygen atoms in total. The highest BCUT2D eigenvalue weighted by atomic mass is 19.2. The largest absolute Gasteiger partial charge is 0.493 e. The quantitative estimate of drug-likeness (QED) is 0.121. The summed E-state index contributed by atoms with van der Waals surface area (Å²) in [5.74, 6) is -10.5. The van der Waals surface area contributed by atoms with E-state index in [1.807, 2.05) is 0 Å². The predicted molar refractivity (Wildman–Crippen MR) is 108 cm³/mol. The molecule has 0 fully saturated rings. The highest BCUT2D eigenvalue weighted by molar-refractivity contribution is 5.81. The highest BCUT2D eigenvalue weighted by Gasteiger charge is 2.25. The molecule has 0 saturated carbocycles. The van der Waals surface area contributed by atoms with Gasteiger partial charge >= 0.3 is 0 Å². The Morgan fingerprint density at radius 3 is 2.18 bits per heavy atom. The van der Waals surface area contributed by atoms with E-state index in [1.165, 1.54) is 31.4 Å². The molecule has 0 aliphatic carbocycles. The van der Waals surface area contributed by atoms with Gasteiger partial charge in [-0.25, -0.2) is 22.0 Å². The van der Waals surface area contributed by atoms with Crippen LogP contribution in [0.3, 0.4) is 0 Å². The van der Waals surface area contributed by atoms with Crippen molar-refractivity contribution in [2.45, 2.75) is 0 Å². The number of non-ortho nitro benzene ring substituents is 1. The molecule has 1 N–H and O–H groups in total. The molecule has 0 amide bonds. The number of hydrogen-bond donors (Lipinski definition) is 1. The van der Waals surface area contributed by atoms with Crippen LogP contribution in [-0.2, 0) is 0 Å². The van der Waals surface area contributed by atoms with E-state index < -0.39 is 39.7 Å². The number of ether oxygens (including phenoxy) is 2. The molecule has 3 aromatic rings. The van der Waals surface area contributed by atoms with Crippen LogP contribution in [0.2, 0.25) is 0 Å². The van der Waals surface area contributed by atoms with E-state index >= 15 is 0 Å². The molecule has 0 saturated heterocycles. The number of hydrazone groups is 1. The van der Waals surface area contributed by atoms with Crippen LogP contribution in [0.5, 0.6) is 17.2 Å². The summed E-state index contributed by atoms with van der Waals surface area (Å²) in [5, 5.41) is 23.6. The minimum Gasteiger partial charge on any atom is -0.493 e. The van der Waals surface area contributed by atoms with Crippen molar-refractivity contribution in [2.24, 2.45) is 5.10 Å². The number of anilines is 1. The number of nitrogens with zero attached hydrogens (tertiary/aromatic N) is 3. The van der Waals surface area contributed by atoms with E-state index in [1.54, 1.807) is 11.5 Å². The zero-order valence-electron chi connectivity index (χ0n) is 16.9. The fourth-order valence-electron chi connectivity index (χ4n) is 2.65. The van der Waals surface area contributed by atoms with Gasteiger partial charge in [-0.2, -0.15) is 10.4 Å². The summed E-state index contributed by atoms with van der Waals surface area (Å²) < 4.78 is 77.8. The van der Waals surface area contributed by atoms with Gasteiger partial charge in [-0.15, -0.1) is 0 Å². The van der Waals surface area contributed by atoms with Crippen molar-refractivity contribution in [3.8, 4) is 23.3 Å². The molecule has 0 heterocycles. The Balaban J connectivity index is 1.84. The molecule has 3 aromatic carbocycles. The van der Waals surface area contributed by atoms with Crippen LogP contribution in [0.1, 0.15) is 11.1 Å². The Morgan fingerprint density at radius 1 is 0.971 bits per heavy atom. The summed E-state index contributed by atoms with van der Waals surface area (Å²) in [6, 6.07) is 9.34. The standard InChI is InChI=1S/C21H11F5N4O4/c1-33-15-6-10(9-28-29-21-19(25)17(23)16(22)18(24)20(21)26)2-4-14(15)34-13-5-3-12(30(31)32)7-11(13)8-27/h2-7,9,29H,1H3/b28-9+. The summed E-state index contributed by atoms with van der Waals surface area (Å²) >= 11 is 0. The molecule has 0 spiro atoms. The lowest BCUT2D eigenvalue weighted by Gasteiger charge is -2.12. The van der Waals surface area contributed by atoms with Crippen molar-refractivity contribution in [1.29, 1.82) is 5.26 Å². The van der Waals surface area contributed by atoms with Gasteiger partial charge < -0.3 is 9.47 Å². The fourth-order valence-corrected chi connectivity index (χ4v) is 2.65. The van der Waals surface area contributed by atoms with Crippen molar-refractivity contribution in [1.82, 2.24) is 0 Å². The maximum absolute atomic E-state index is 13.7. The van der Waals surface area contributed by atoms with E-state index in [9.17, 15) is 37.3 Å². The van der Waals surface area contributed by atoms with Crippen molar-refractivity contribution in [3.63, 3.8) is 0 Å². The number of rotatable bonds is 7. The molecule has 0 aromatic heterocycles. The molecule has 13 heteroatoms. The molecule has 0 radical (unpaired) electrons. The third kappa shape index (κ3) is 4.70. The van der Waals surface area contributed by atoms with Gasteiger partial charge in [0, 0.05) is 12.1 Å². The Bertz CT molecular complexity index is 1330. The van der Waals surface area contributed by atoms with Crippen LogP contribution < -0.4 is 14.9 Å². The maximum Gasteiger partial charge on any atom is 0.271 e. The minimum atomic E-state index is -2.29. The number of halogens is 5. The second kappa shape index (κ2) is 9.82. The first-order chi connectivity index (χ1) is 16.2. The van der Waals surface area contributed by atoms with Gasteiger partial charge in [0.1, 0.15) is 23.1 Å². The first-order valence-electron chi connectivity index (χ1n) is 9.02. The fraction of sp³-hybridized carbons (Fsp3) is 0.0476. The smallest absolute Gasteiger partial charge is 0.271 e. The number of hydrogen-bond acceptors (Lipinski definition) is 7. The molecule has 0 aliphatic rings. The van der Waals surface area contributed by atoms with Crippen LogP contribution in [-0.4, -0.2) is 18.2 Å². The molecule has 174 valence electrons. The third-order valence-electron chi connectivity index (χ3n) is 4.30. The molecule has 0 unspecified atom stereocenters. The number of nitrogens with one attached hydrogen (secondary N) is 1. The van der Waals surface area contributed by atoms with Crippen molar-refractivity contribution < 1.29 is 36.3 Å². The van der Waals surface area contributed by atoms with Crippen molar-refractivity contribution >= 4 is 17.6 Å². The van der Waals surface area contributed by atoms with E-state index in [-0.39, 0.29) is 34.1 Å². The zero-order chi connectivity index (χ0) is 25.0. The summed E-state index contributed by atoms with van der Waals surface area (Å²) in [7, 11) is 1.29. The second-order valence-electron chi connectivity index (χ2n) is 6.38. The lowest BCUT2D eigenvalue weighted by Crippen LogP contribution is -2.06. The monoisotopic (exact) mass is 478 g/mol. The number of nitro benzene ring substituents is 1. The van der Waals surface area contributed by atoms with Gasteiger partial charge in [-0.1, -0.05) is 0 Å². The topological polar surface area (TPSA) is 110 Å². The van der Waals surface area contributed by atoms with Crippen LogP contribution in [0, 0.1) is 50.5 Å². The summed E-state index contributed by atoms with van der Waals surface area (Å²) in [6.07, 6.45) is 1.01. The van der Waals surface area contributed by atoms with E-state index in [2.05, 4.69) is 5.10 Å². The Labute approximate surface area is 187 Å². The molecule has 0 aliphatic heterocycles. The van der Waals surface area contributed by atoms with Crippen LogP contribution >= 0.6 is 0 Å². The number of benzene rings is 3. The summed E-state index contributed by atoms with van der Waals surface area (Å²) in [5.41, 5.74) is 0.301. The number of nitro groups is 1. The normalized spacial score (nSPS) is 10.7. The Hall–Kier alpha value is -4.73. The molecular formula is C21H11F5N4O4. The highest BCUT2D eigenvalue weighted by Crippen LogP contribution is 2.35. The lowest BCUT2D eigenvalue weighted by atomic mass is 10.2. The van der Waals surface area contributed by atoms with Crippen LogP contribution in [0.25, 0.3) is 0 Å².